The number of hydrogen-bond donors (Lipinski definition) is 9. The lowest BCUT2D eigenvalue weighted by molar-refractivity contribution is -0.138. The highest BCUT2D eigenvalue weighted by Gasteiger charge is 2.31. The largest absolute Gasteiger partial charge is 0.481 e. The maximum atomic E-state index is 12.9. The third-order valence-corrected chi connectivity index (χ3v) is 4.61. The van der Waals surface area contributed by atoms with Crippen LogP contribution in [0.5, 0.6) is 0 Å². The predicted octanol–water partition coefficient (Wildman–Crippen LogP) is -3.60. The van der Waals surface area contributed by atoms with Crippen molar-refractivity contribution in [1.82, 2.24) is 26.6 Å². The summed E-state index contributed by atoms with van der Waals surface area (Å²) in [5, 5.41) is 21.0. The van der Waals surface area contributed by atoms with Gasteiger partial charge in [-0.25, -0.2) is 4.79 Å². The minimum Gasteiger partial charge on any atom is -0.481 e. The molecule has 0 spiro atoms. The van der Waals surface area contributed by atoms with Crippen molar-refractivity contribution in [2.75, 3.05) is 19.8 Å². The summed E-state index contributed by atoms with van der Waals surface area (Å²) in [5.74, 6) is -4.27. The summed E-state index contributed by atoms with van der Waals surface area (Å²) in [5.41, 5.74) is 15.6. The zero-order valence-electron chi connectivity index (χ0n) is 19.4. The van der Waals surface area contributed by atoms with Gasteiger partial charge in [0, 0.05) is 13.0 Å². The number of carbonyl (C=O) groups excluding carboxylic acids is 5. The van der Waals surface area contributed by atoms with Crippen molar-refractivity contribution >= 4 is 35.6 Å². The van der Waals surface area contributed by atoms with Crippen LogP contribution in [0.3, 0.4) is 0 Å². The van der Waals surface area contributed by atoms with Crippen LogP contribution in [0.4, 0.5) is 4.79 Å². The van der Waals surface area contributed by atoms with Crippen molar-refractivity contribution in [3.63, 3.8) is 0 Å². The Morgan fingerprint density at radius 2 is 1.44 bits per heavy atom. The number of nitrogens with one attached hydrogen (secondary N) is 5. The van der Waals surface area contributed by atoms with Gasteiger partial charge in [0.1, 0.15) is 18.1 Å². The Kier molecular flexibility index (Phi) is 14.6. The molecular weight excluding hydrogens is 452 g/mol. The number of nitrogens with two attached hydrogens (primary N) is 3. The van der Waals surface area contributed by atoms with E-state index in [1.165, 1.54) is 0 Å². The highest BCUT2D eigenvalue weighted by molar-refractivity contribution is 5.94. The van der Waals surface area contributed by atoms with Crippen molar-refractivity contribution in [2.45, 2.75) is 57.7 Å². The minimum atomic E-state index is -1.22. The van der Waals surface area contributed by atoms with E-state index in [0.717, 1.165) is 0 Å². The van der Waals surface area contributed by atoms with E-state index >= 15 is 0 Å². The van der Waals surface area contributed by atoms with Crippen molar-refractivity contribution in [3.05, 3.63) is 0 Å². The average Bonchev–Trinajstić information content (AvgIpc) is 2.75. The predicted molar refractivity (Wildman–Crippen MR) is 121 cm³/mol. The summed E-state index contributed by atoms with van der Waals surface area (Å²) in [4.78, 5) is 71.3. The van der Waals surface area contributed by atoms with Crippen LogP contribution in [0.15, 0.2) is 0 Å². The van der Waals surface area contributed by atoms with Crippen molar-refractivity contribution in [3.8, 4) is 0 Å². The van der Waals surface area contributed by atoms with Gasteiger partial charge in [0.2, 0.25) is 23.6 Å². The third-order valence-electron chi connectivity index (χ3n) is 4.61. The number of rotatable bonds is 16. The standard InChI is InChI=1S/C19H36N8O7/c1-10(2)15(27-17(32)12(5-6-14(29)30)25-13(28)8-20)18(33)26-11(16(31)24-9-21)4-3-7-23-19(22)34/h10-12,15H,3-9,20-21H2,1-2H3,(H,24,31)(H,25,28)(H,26,33)(H,27,32)(H,29,30)(H3,22,23,34)/t11-,12-,15-/m0/s1. The van der Waals surface area contributed by atoms with E-state index in [-0.39, 0.29) is 26.1 Å². The van der Waals surface area contributed by atoms with Crippen LogP contribution in [0.1, 0.15) is 39.5 Å². The smallest absolute Gasteiger partial charge is 0.312 e. The zero-order valence-corrected chi connectivity index (χ0v) is 19.4. The van der Waals surface area contributed by atoms with Crippen LogP contribution in [0.25, 0.3) is 0 Å². The van der Waals surface area contributed by atoms with Gasteiger partial charge in [0.05, 0.1) is 13.2 Å². The van der Waals surface area contributed by atoms with Gasteiger partial charge < -0.3 is 48.9 Å². The fourth-order valence-electron chi connectivity index (χ4n) is 2.85. The van der Waals surface area contributed by atoms with Gasteiger partial charge in [0.25, 0.3) is 0 Å². The highest BCUT2D eigenvalue weighted by Crippen LogP contribution is 2.07. The molecule has 6 amide bonds. The van der Waals surface area contributed by atoms with E-state index in [0.29, 0.717) is 6.42 Å². The molecule has 0 aromatic heterocycles. The van der Waals surface area contributed by atoms with Crippen molar-refractivity contribution in [2.24, 2.45) is 23.1 Å². The molecule has 15 nitrogen and oxygen atoms in total. The molecule has 0 bridgehead atoms. The number of primary amides is 1. The molecule has 0 aliphatic heterocycles. The first-order chi connectivity index (χ1) is 15.9. The van der Waals surface area contributed by atoms with Crippen LogP contribution < -0.4 is 43.8 Å². The molecule has 0 rings (SSSR count). The first kappa shape index (κ1) is 30.5. The number of amides is 6. The van der Waals surface area contributed by atoms with Crippen LogP contribution in [0.2, 0.25) is 0 Å². The summed E-state index contributed by atoms with van der Waals surface area (Å²) >= 11 is 0. The van der Waals surface area contributed by atoms with Crippen LogP contribution >= 0.6 is 0 Å². The topological polar surface area (TPSA) is 261 Å². The van der Waals surface area contributed by atoms with Gasteiger partial charge in [-0.05, 0) is 25.2 Å². The summed E-state index contributed by atoms with van der Waals surface area (Å²) in [6.07, 6.45) is -0.159. The van der Waals surface area contributed by atoms with Crippen LogP contribution in [-0.2, 0) is 24.0 Å². The maximum Gasteiger partial charge on any atom is 0.312 e. The van der Waals surface area contributed by atoms with Crippen molar-refractivity contribution < 1.29 is 33.9 Å². The average molecular weight is 489 g/mol. The first-order valence-corrected chi connectivity index (χ1v) is 10.8. The molecule has 34 heavy (non-hydrogen) atoms. The lowest BCUT2D eigenvalue weighted by Crippen LogP contribution is -2.58. The fraction of sp³-hybridized carbons (Fsp3) is 0.684. The quantitative estimate of drug-likeness (QED) is 0.0766. The van der Waals surface area contributed by atoms with Gasteiger partial charge in [0.15, 0.2) is 0 Å². The van der Waals surface area contributed by atoms with Crippen LogP contribution in [0, 0.1) is 5.92 Å². The summed E-state index contributed by atoms with van der Waals surface area (Å²) in [6, 6.07) is -4.07. The Labute approximate surface area is 197 Å². The molecule has 0 aromatic rings. The fourth-order valence-corrected chi connectivity index (χ4v) is 2.85. The maximum absolute atomic E-state index is 12.9. The third kappa shape index (κ3) is 12.5. The number of aliphatic carboxylic acids is 1. The number of carbonyl (C=O) groups is 6. The number of urea groups is 1. The SMILES string of the molecule is CC(C)[C@H](NC(=O)[C@H](CCC(=O)O)NC(=O)CN)C(=O)N[C@@H](CCCNC(N)=O)C(=O)NCN. The van der Waals surface area contributed by atoms with Gasteiger partial charge in [-0.2, -0.15) is 0 Å². The molecule has 0 fully saturated rings. The summed E-state index contributed by atoms with van der Waals surface area (Å²) < 4.78 is 0. The van der Waals surface area contributed by atoms with Gasteiger partial charge in [-0.1, -0.05) is 13.8 Å². The Hall–Kier alpha value is -3.46. The second-order valence-electron chi connectivity index (χ2n) is 7.73. The second kappa shape index (κ2) is 16.2. The molecule has 15 heteroatoms. The Morgan fingerprint density at radius 1 is 0.824 bits per heavy atom. The zero-order chi connectivity index (χ0) is 26.3. The van der Waals surface area contributed by atoms with E-state index in [2.05, 4.69) is 26.6 Å². The molecule has 0 saturated heterocycles. The Bertz CT molecular complexity index is 731. The number of carboxylic acid groups (broad SMARTS) is 1. The normalized spacial score (nSPS) is 13.2. The van der Waals surface area contributed by atoms with Gasteiger partial charge in [-0.3, -0.25) is 24.0 Å². The Balaban J connectivity index is 5.38. The van der Waals surface area contributed by atoms with E-state index in [9.17, 15) is 28.8 Å². The highest BCUT2D eigenvalue weighted by atomic mass is 16.4. The summed E-state index contributed by atoms with van der Waals surface area (Å²) in [7, 11) is 0. The molecule has 0 unspecified atom stereocenters. The molecule has 0 saturated carbocycles. The molecule has 0 aliphatic carbocycles. The summed E-state index contributed by atoms with van der Waals surface area (Å²) in [6.45, 7) is 2.91. The number of hydrogen-bond acceptors (Lipinski definition) is 8. The van der Waals surface area contributed by atoms with Crippen LogP contribution in [-0.4, -0.2) is 78.6 Å². The minimum absolute atomic E-state index is 0.143. The van der Waals surface area contributed by atoms with E-state index in [4.69, 9.17) is 22.3 Å². The molecule has 3 atom stereocenters. The van der Waals surface area contributed by atoms with Gasteiger partial charge >= 0.3 is 12.0 Å². The first-order valence-electron chi connectivity index (χ1n) is 10.8. The Morgan fingerprint density at radius 3 is 1.94 bits per heavy atom. The second-order valence-corrected chi connectivity index (χ2v) is 7.73. The lowest BCUT2D eigenvalue weighted by atomic mass is 10.0. The van der Waals surface area contributed by atoms with Crippen molar-refractivity contribution in [1.29, 1.82) is 0 Å². The monoisotopic (exact) mass is 488 g/mol. The van der Waals surface area contributed by atoms with E-state index < -0.39 is 72.6 Å². The molecule has 12 N–H and O–H groups in total. The van der Waals surface area contributed by atoms with Gasteiger partial charge in [-0.15, -0.1) is 0 Å². The lowest BCUT2D eigenvalue weighted by Gasteiger charge is -2.27. The number of carboxylic acids is 1. The molecule has 0 heterocycles. The molecule has 0 radical (unpaired) electrons. The molecule has 0 aromatic carbocycles. The van der Waals surface area contributed by atoms with E-state index in [1.807, 2.05) is 0 Å². The molecular formula is C19H36N8O7. The molecule has 0 aliphatic rings. The van der Waals surface area contributed by atoms with E-state index in [1.54, 1.807) is 13.8 Å². The molecule has 194 valence electrons.